The quantitative estimate of drug-likeness (QED) is 0.351. The standard InChI is InChI=1S/C7H9O.BF4/c1-6-3-4-8-7(2)5-6;2-1(3,4)5/h3-5H,1-2H3;/q+1;-1. The normalized spacial score (nSPS) is 10.3. The van der Waals surface area contributed by atoms with Gasteiger partial charge in [0, 0.05) is 12.1 Å². The Bertz CT molecular complexity index is 238. The Morgan fingerprint density at radius 2 is 1.62 bits per heavy atom. The van der Waals surface area contributed by atoms with Crippen LogP contribution in [-0.4, -0.2) is 7.25 Å². The molecule has 0 spiro atoms. The van der Waals surface area contributed by atoms with E-state index in [0.29, 0.717) is 0 Å². The number of aryl methyl sites for hydroxylation is 2. The van der Waals surface area contributed by atoms with Gasteiger partial charge in [-0.1, -0.05) is 0 Å². The van der Waals surface area contributed by atoms with Crippen LogP contribution in [-0.2, 0) is 0 Å². The molecule has 0 aliphatic rings. The van der Waals surface area contributed by atoms with E-state index in [1.54, 1.807) is 6.26 Å². The van der Waals surface area contributed by atoms with Crippen molar-refractivity contribution in [1.29, 1.82) is 0 Å². The number of rotatable bonds is 0. The van der Waals surface area contributed by atoms with Crippen LogP contribution in [0.15, 0.2) is 22.8 Å². The van der Waals surface area contributed by atoms with Crippen molar-refractivity contribution < 1.29 is 21.7 Å². The van der Waals surface area contributed by atoms with Gasteiger partial charge in [0.05, 0.1) is 6.92 Å². The second-order valence-electron chi connectivity index (χ2n) is 2.41. The highest BCUT2D eigenvalue weighted by molar-refractivity contribution is 6.50. The lowest BCUT2D eigenvalue weighted by atomic mass is 10.3. The Balaban J connectivity index is 0.000000252. The molecular formula is C7H9BF4O. The lowest BCUT2D eigenvalue weighted by Gasteiger charge is -1.94. The van der Waals surface area contributed by atoms with Crippen LogP contribution in [0.25, 0.3) is 0 Å². The first-order valence-corrected chi connectivity index (χ1v) is 3.51. The van der Waals surface area contributed by atoms with E-state index in [4.69, 9.17) is 4.42 Å². The molecule has 1 aromatic rings. The molecule has 0 radical (unpaired) electrons. The van der Waals surface area contributed by atoms with Gasteiger partial charge in [-0.2, -0.15) is 0 Å². The molecule has 0 bridgehead atoms. The molecule has 0 saturated carbocycles. The Kier molecular flexibility index (Phi) is 4.44. The van der Waals surface area contributed by atoms with E-state index in [1.807, 2.05) is 26.0 Å². The predicted molar refractivity (Wildman–Crippen MR) is 42.8 cm³/mol. The van der Waals surface area contributed by atoms with Crippen LogP contribution in [0.3, 0.4) is 0 Å². The van der Waals surface area contributed by atoms with Crippen LogP contribution in [0, 0.1) is 13.8 Å². The summed E-state index contributed by atoms with van der Waals surface area (Å²) < 4.78 is 44.0. The zero-order valence-corrected chi connectivity index (χ0v) is 7.23. The molecule has 6 heteroatoms. The SMILES string of the molecule is Cc1cc[o+]c(C)c1.F[B-](F)(F)F. The average molecular weight is 196 g/mol. The second-order valence-corrected chi connectivity index (χ2v) is 2.41. The summed E-state index contributed by atoms with van der Waals surface area (Å²) in [7, 11) is -6.00. The highest BCUT2D eigenvalue weighted by atomic mass is 19.5. The molecule has 0 aliphatic heterocycles. The minimum absolute atomic E-state index is 0.963. The molecule has 0 atom stereocenters. The molecule has 0 fully saturated rings. The largest absolute Gasteiger partial charge is 0.673 e. The third kappa shape index (κ3) is 10.9. The maximum Gasteiger partial charge on any atom is 0.673 e. The van der Waals surface area contributed by atoms with Crippen LogP contribution in [0.1, 0.15) is 11.3 Å². The Labute approximate surface area is 73.5 Å². The van der Waals surface area contributed by atoms with Crippen LogP contribution in [0.2, 0.25) is 0 Å². The lowest BCUT2D eigenvalue weighted by Crippen LogP contribution is -2.02. The summed E-state index contributed by atoms with van der Waals surface area (Å²) in [6.07, 6.45) is 1.70. The van der Waals surface area contributed by atoms with Crippen molar-refractivity contribution in [3.63, 3.8) is 0 Å². The molecule has 1 nitrogen and oxygen atoms in total. The molecule has 13 heavy (non-hydrogen) atoms. The van der Waals surface area contributed by atoms with Crippen molar-refractivity contribution in [2.45, 2.75) is 13.8 Å². The first-order chi connectivity index (χ1) is 5.79. The fourth-order valence-electron chi connectivity index (χ4n) is 0.651. The van der Waals surface area contributed by atoms with E-state index in [-0.39, 0.29) is 0 Å². The van der Waals surface area contributed by atoms with Gasteiger partial charge in [-0.05, 0) is 12.5 Å². The Morgan fingerprint density at radius 3 is 1.85 bits per heavy atom. The van der Waals surface area contributed by atoms with Crippen molar-refractivity contribution in [3.8, 4) is 0 Å². The summed E-state index contributed by atoms with van der Waals surface area (Å²) in [5, 5.41) is 0. The molecule has 0 unspecified atom stereocenters. The van der Waals surface area contributed by atoms with E-state index in [9.17, 15) is 17.3 Å². The topological polar surface area (TPSA) is 11.3 Å². The first-order valence-electron chi connectivity index (χ1n) is 3.51. The van der Waals surface area contributed by atoms with Crippen molar-refractivity contribution >= 4 is 7.25 Å². The maximum atomic E-state index is 9.75. The second kappa shape index (κ2) is 4.84. The van der Waals surface area contributed by atoms with E-state index in [1.165, 1.54) is 5.56 Å². The fourth-order valence-corrected chi connectivity index (χ4v) is 0.651. The van der Waals surface area contributed by atoms with Gasteiger partial charge in [0.15, 0.2) is 0 Å². The number of halogens is 4. The summed E-state index contributed by atoms with van der Waals surface area (Å²) in [6.45, 7) is 3.98. The fraction of sp³-hybridized carbons (Fsp3) is 0.286. The smallest absolute Gasteiger partial charge is 0.418 e. The zero-order valence-electron chi connectivity index (χ0n) is 7.23. The van der Waals surface area contributed by atoms with Gasteiger partial charge in [0.25, 0.3) is 0 Å². The van der Waals surface area contributed by atoms with Gasteiger partial charge in [-0.25, -0.2) is 4.42 Å². The minimum atomic E-state index is -6.00. The summed E-state index contributed by atoms with van der Waals surface area (Å²) in [5.74, 6) is 0.963. The highest BCUT2D eigenvalue weighted by Gasteiger charge is 2.20. The van der Waals surface area contributed by atoms with Crippen molar-refractivity contribution in [3.05, 3.63) is 29.7 Å². The Hall–Kier alpha value is -1.07. The number of hydrogen-bond donors (Lipinski definition) is 0. The molecule has 0 saturated heterocycles. The molecule has 1 rings (SSSR count). The molecule has 1 aromatic heterocycles. The van der Waals surface area contributed by atoms with Gasteiger partial charge >= 0.3 is 19.3 Å². The summed E-state index contributed by atoms with van der Waals surface area (Å²) in [5.41, 5.74) is 1.24. The first kappa shape index (κ1) is 11.9. The number of hydrogen-bond acceptors (Lipinski definition) is 0. The summed E-state index contributed by atoms with van der Waals surface area (Å²) in [6, 6.07) is 3.94. The third-order valence-electron chi connectivity index (χ3n) is 1.02. The van der Waals surface area contributed by atoms with E-state index < -0.39 is 7.25 Å². The van der Waals surface area contributed by atoms with Crippen LogP contribution in [0.5, 0.6) is 0 Å². The van der Waals surface area contributed by atoms with E-state index in [0.717, 1.165) is 5.76 Å². The van der Waals surface area contributed by atoms with Crippen LogP contribution >= 0.6 is 0 Å². The molecule has 0 aromatic carbocycles. The zero-order chi connectivity index (χ0) is 10.5. The summed E-state index contributed by atoms with van der Waals surface area (Å²) in [4.78, 5) is 0. The minimum Gasteiger partial charge on any atom is -0.418 e. The van der Waals surface area contributed by atoms with Crippen LogP contribution in [0.4, 0.5) is 17.3 Å². The van der Waals surface area contributed by atoms with E-state index in [2.05, 4.69) is 0 Å². The molecule has 0 aliphatic carbocycles. The maximum absolute atomic E-state index is 9.75. The summed E-state index contributed by atoms with van der Waals surface area (Å²) >= 11 is 0. The van der Waals surface area contributed by atoms with Gasteiger partial charge in [0.1, 0.15) is 0 Å². The monoisotopic (exact) mass is 196 g/mol. The lowest BCUT2D eigenvalue weighted by molar-refractivity contribution is 0.368. The van der Waals surface area contributed by atoms with Crippen molar-refractivity contribution in [2.24, 2.45) is 0 Å². The molecule has 0 N–H and O–H groups in total. The van der Waals surface area contributed by atoms with Gasteiger partial charge in [-0.15, -0.1) is 0 Å². The average Bonchev–Trinajstić information content (AvgIpc) is 1.81. The van der Waals surface area contributed by atoms with Crippen LogP contribution < -0.4 is 0 Å². The Morgan fingerprint density at radius 1 is 1.15 bits per heavy atom. The molecule has 0 amide bonds. The van der Waals surface area contributed by atoms with Gasteiger partial charge < -0.3 is 17.3 Å². The van der Waals surface area contributed by atoms with Gasteiger partial charge in [-0.3, -0.25) is 0 Å². The van der Waals surface area contributed by atoms with Gasteiger partial charge in [0.2, 0.25) is 0 Å². The third-order valence-corrected chi connectivity index (χ3v) is 1.02. The molecule has 74 valence electrons. The van der Waals surface area contributed by atoms with E-state index >= 15 is 0 Å². The molecular weight excluding hydrogens is 187 g/mol. The highest BCUT2D eigenvalue weighted by Crippen LogP contribution is 2.06. The molecule has 1 heterocycles. The van der Waals surface area contributed by atoms with Crippen molar-refractivity contribution in [2.75, 3.05) is 0 Å². The predicted octanol–water partition coefficient (Wildman–Crippen LogP) is 3.48. The van der Waals surface area contributed by atoms with Crippen molar-refractivity contribution in [1.82, 2.24) is 0 Å².